The minimum Gasteiger partial charge on any atom is -0.508 e. The average molecular weight is 347 g/mol. The van der Waals surface area contributed by atoms with E-state index in [-0.39, 0.29) is 18.1 Å². The molecule has 4 nitrogen and oxygen atoms in total. The molecule has 0 bridgehead atoms. The van der Waals surface area contributed by atoms with Crippen LogP contribution in [-0.2, 0) is 17.6 Å². The van der Waals surface area contributed by atoms with Gasteiger partial charge in [-0.3, -0.25) is 4.79 Å². The summed E-state index contributed by atoms with van der Waals surface area (Å²) in [6, 6.07) is 24.1. The van der Waals surface area contributed by atoms with E-state index in [9.17, 15) is 9.90 Å². The quantitative estimate of drug-likeness (QED) is 0.677. The molecule has 3 aromatic rings. The van der Waals surface area contributed by atoms with Gasteiger partial charge in [0.15, 0.2) is 0 Å². The zero-order valence-corrected chi connectivity index (χ0v) is 14.4. The first-order valence-corrected chi connectivity index (χ1v) is 8.56. The molecule has 3 aromatic carbocycles. The van der Waals surface area contributed by atoms with Crippen LogP contribution in [-0.4, -0.2) is 17.6 Å². The Hall–Kier alpha value is -3.27. The number of phenolic OH excluding ortho intramolecular Hbond substituents is 1. The molecule has 0 saturated heterocycles. The van der Waals surface area contributed by atoms with Crippen LogP contribution >= 0.6 is 0 Å². The van der Waals surface area contributed by atoms with Crippen LogP contribution in [0.5, 0.6) is 17.2 Å². The molecule has 3 rings (SSSR count). The van der Waals surface area contributed by atoms with Crippen molar-refractivity contribution in [2.45, 2.75) is 12.8 Å². The first-order chi connectivity index (χ1) is 12.7. The van der Waals surface area contributed by atoms with Crippen molar-refractivity contribution in [3.63, 3.8) is 0 Å². The topological polar surface area (TPSA) is 58.6 Å². The summed E-state index contributed by atoms with van der Waals surface area (Å²) in [5, 5.41) is 12.2. The fraction of sp³-hybridized carbons (Fsp3) is 0.136. The number of carbonyl (C=O) groups is 1. The zero-order valence-electron chi connectivity index (χ0n) is 14.4. The average Bonchev–Trinajstić information content (AvgIpc) is 2.66. The smallest absolute Gasteiger partial charge is 0.224 e. The van der Waals surface area contributed by atoms with E-state index >= 15 is 0 Å². The van der Waals surface area contributed by atoms with E-state index in [2.05, 4.69) is 5.32 Å². The van der Waals surface area contributed by atoms with Gasteiger partial charge in [-0.15, -0.1) is 0 Å². The maximum Gasteiger partial charge on any atom is 0.224 e. The molecule has 132 valence electrons. The third-order valence-electron chi connectivity index (χ3n) is 3.97. The van der Waals surface area contributed by atoms with Crippen molar-refractivity contribution in [1.29, 1.82) is 0 Å². The van der Waals surface area contributed by atoms with Gasteiger partial charge in [-0.2, -0.15) is 0 Å². The second-order valence-corrected chi connectivity index (χ2v) is 5.97. The molecular weight excluding hydrogens is 326 g/mol. The van der Waals surface area contributed by atoms with Gasteiger partial charge in [-0.25, -0.2) is 0 Å². The van der Waals surface area contributed by atoms with E-state index in [4.69, 9.17) is 4.74 Å². The highest BCUT2D eigenvalue weighted by Gasteiger charge is 2.09. The number of nitrogens with one attached hydrogen (secondary N) is 1. The highest BCUT2D eigenvalue weighted by molar-refractivity contribution is 5.79. The lowest BCUT2D eigenvalue weighted by atomic mass is 10.1. The molecule has 0 aliphatic carbocycles. The number of carbonyl (C=O) groups excluding carboxylic acids is 1. The molecule has 0 aromatic heterocycles. The number of amides is 1. The van der Waals surface area contributed by atoms with Crippen LogP contribution < -0.4 is 10.1 Å². The fourth-order valence-electron chi connectivity index (χ4n) is 2.61. The van der Waals surface area contributed by atoms with Gasteiger partial charge in [-0.05, 0) is 42.3 Å². The lowest BCUT2D eigenvalue weighted by Gasteiger charge is -2.11. The molecule has 0 atom stereocenters. The van der Waals surface area contributed by atoms with E-state index in [1.54, 1.807) is 12.1 Å². The monoisotopic (exact) mass is 347 g/mol. The van der Waals surface area contributed by atoms with Crippen LogP contribution in [0.2, 0.25) is 0 Å². The summed E-state index contributed by atoms with van der Waals surface area (Å²) in [5.74, 6) is 1.63. The molecule has 0 spiro atoms. The van der Waals surface area contributed by atoms with E-state index in [0.29, 0.717) is 18.7 Å². The largest absolute Gasteiger partial charge is 0.508 e. The summed E-state index contributed by atoms with van der Waals surface area (Å²) in [5.41, 5.74) is 1.91. The van der Waals surface area contributed by atoms with Gasteiger partial charge in [0.05, 0.1) is 6.42 Å². The number of ether oxygens (including phenoxy) is 1. The van der Waals surface area contributed by atoms with Crippen molar-refractivity contribution in [2.24, 2.45) is 0 Å². The standard InChI is InChI=1S/C22H21NO3/c24-19-12-10-17(11-13-19)14-15-23-22(25)16-18-6-4-5-9-21(18)26-20-7-2-1-3-8-20/h1-13,24H,14-16H2,(H,23,25). The highest BCUT2D eigenvalue weighted by atomic mass is 16.5. The lowest BCUT2D eigenvalue weighted by Crippen LogP contribution is -2.27. The van der Waals surface area contributed by atoms with E-state index in [1.165, 1.54) is 0 Å². The predicted molar refractivity (Wildman–Crippen MR) is 101 cm³/mol. The molecule has 0 heterocycles. The minimum atomic E-state index is -0.0482. The van der Waals surface area contributed by atoms with Gasteiger partial charge < -0.3 is 15.2 Å². The van der Waals surface area contributed by atoms with Crippen LogP contribution in [0, 0.1) is 0 Å². The van der Waals surface area contributed by atoms with Crippen LogP contribution in [0.1, 0.15) is 11.1 Å². The fourth-order valence-corrected chi connectivity index (χ4v) is 2.61. The third kappa shape index (κ3) is 5.11. The second kappa shape index (κ2) is 8.72. The molecule has 0 saturated carbocycles. The van der Waals surface area contributed by atoms with Gasteiger partial charge in [0.2, 0.25) is 5.91 Å². The Balaban J connectivity index is 1.55. The number of hydrogen-bond donors (Lipinski definition) is 2. The normalized spacial score (nSPS) is 10.3. The highest BCUT2D eigenvalue weighted by Crippen LogP contribution is 2.25. The molecular formula is C22H21NO3. The number of rotatable bonds is 7. The summed E-state index contributed by atoms with van der Waals surface area (Å²) in [6.45, 7) is 0.547. The SMILES string of the molecule is O=C(Cc1ccccc1Oc1ccccc1)NCCc1ccc(O)cc1. The molecule has 4 heteroatoms. The van der Waals surface area contributed by atoms with Gasteiger partial charge in [0.1, 0.15) is 17.2 Å². The molecule has 0 aliphatic rings. The zero-order chi connectivity index (χ0) is 18.2. The van der Waals surface area contributed by atoms with Crippen molar-refractivity contribution >= 4 is 5.91 Å². The van der Waals surface area contributed by atoms with Crippen LogP contribution in [0.4, 0.5) is 0 Å². The van der Waals surface area contributed by atoms with E-state index < -0.39 is 0 Å². The summed E-state index contributed by atoms with van der Waals surface area (Å²) in [4.78, 5) is 12.3. The molecule has 2 N–H and O–H groups in total. The van der Waals surface area contributed by atoms with Gasteiger partial charge in [0, 0.05) is 12.1 Å². The maximum absolute atomic E-state index is 12.3. The summed E-state index contributed by atoms with van der Waals surface area (Å²) in [6.07, 6.45) is 0.979. The van der Waals surface area contributed by atoms with Crippen molar-refractivity contribution in [2.75, 3.05) is 6.54 Å². The van der Waals surface area contributed by atoms with Gasteiger partial charge in [0.25, 0.3) is 0 Å². The Bertz CT molecular complexity index is 845. The lowest BCUT2D eigenvalue weighted by molar-refractivity contribution is -0.120. The number of benzene rings is 3. The van der Waals surface area contributed by atoms with Gasteiger partial charge in [-0.1, -0.05) is 48.5 Å². The molecule has 0 unspecified atom stereocenters. The molecule has 0 aliphatic heterocycles. The number of aromatic hydroxyl groups is 1. The summed E-state index contributed by atoms with van der Waals surface area (Å²) >= 11 is 0. The third-order valence-corrected chi connectivity index (χ3v) is 3.97. The Morgan fingerprint density at radius 2 is 1.58 bits per heavy atom. The number of hydrogen-bond acceptors (Lipinski definition) is 3. The Kier molecular flexibility index (Phi) is 5.88. The minimum absolute atomic E-state index is 0.0482. The van der Waals surface area contributed by atoms with Crippen LogP contribution in [0.3, 0.4) is 0 Å². The molecule has 0 radical (unpaired) electrons. The molecule has 0 fully saturated rings. The van der Waals surface area contributed by atoms with Crippen molar-refractivity contribution in [3.05, 3.63) is 90.0 Å². The predicted octanol–water partition coefficient (Wildman–Crippen LogP) is 4.09. The van der Waals surface area contributed by atoms with Crippen molar-refractivity contribution in [1.82, 2.24) is 5.32 Å². The maximum atomic E-state index is 12.3. The Morgan fingerprint density at radius 1 is 0.885 bits per heavy atom. The number of phenols is 1. The van der Waals surface area contributed by atoms with Crippen molar-refractivity contribution < 1.29 is 14.6 Å². The molecule has 1 amide bonds. The Labute approximate surface area is 153 Å². The summed E-state index contributed by atoms with van der Waals surface area (Å²) < 4.78 is 5.89. The van der Waals surface area contributed by atoms with Crippen LogP contribution in [0.25, 0.3) is 0 Å². The summed E-state index contributed by atoms with van der Waals surface area (Å²) in [7, 11) is 0. The van der Waals surface area contributed by atoms with E-state index in [0.717, 1.165) is 16.9 Å². The van der Waals surface area contributed by atoms with Gasteiger partial charge >= 0.3 is 0 Å². The second-order valence-electron chi connectivity index (χ2n) is 5.97. The Morgan fingerprint density at radius 3 is 2.35 bits per heavy atom. The van der Waals surface area contributed by atoms with Crippen LogP contribution in [0.15, 0.2) is 78.9 Å². The van der Waals surface area contributed by atoms with E-state index in [1.807, 2.05) is 66.7 Å². The first-order valence-electron chi connectivity index (χ1n) is 8.56. The molecule has 26 heavy (non-hydrogen) atoms. The van der Waals surface area contributed by atoms with Crippen molar-refractivity contribution in [3.8, 4) is 17.2 Å². The first kappa shape index (κ1) is 17.5. The number of para-hydroxylation sites is 2.